The second-order valence-electron chi connectivity index (χ2n) is 3.92. The Balaban J connectivity index is 2.36. The Hall–Kier alpha value is -2.12. The summed E-state index contributed by atoms with van der Waals surface area (Å²) in [4.78, 5) is 21.7. The zero-order valence-electron chi connectivity index (χ0n) is 10.2. The molecule has 108 valence electrons. The molecule has 0 aliphatic heterocycles. The second-order valence-corrected chi connectivity index (χ2v) is 5.45. The van der Waals surface area contributed by atoms with Gasteiger partial charge in [0.25, 0.3) is 5.69 Å². The highest BCUT2D eigenvalue weighted by Gasteiger charge is 2.18. The monoisotopic (exact) mass is 327 g/mol. The number of nitro groups is 1. The zero-order valence-corrected chi connectivity index (χ0v) is 11.8. The lowest BCUT2D eigenvalue weighted by molar-refractivity contribution is -0.387. The third-order valence-corrected chi connectivity index (χ3v) is 3.87. The Morgan fingerprint density at radius 1 is 1.29 bits per heavy atom. The molecule has 8 heteroatoms. The van der Waals surface area contributed by atoms with Crippen LogP contribution in [-0.2, 0) is 0 Å². The third kappa shape index (κ3) is 3.50. The molecular formula is C13H7ClFNO4S. The van der Waals surface area contributed by atoms with E-state index in [0.717, 1.165) is 23.9 Å². The van der Waals surface area contributed by atoms with E-state index in [4.69, 9.17) is 16.7 Å². The van der Waals surface area contributed by atoms with Crippen molar-refractivity contribution in [2.45, 2.75) is 9.79 Å². The molecule has 0 heterocycles. The number of benzene rings is 2. The molecule has 1 N–H and O–H groups in total. The molecule has 0 radical (unpaired) electrons. The minimum Gasteiger partial charge on any atom is -0.478 e. The summed E-state index contributed by atoms with van der Waals surface area (Å²) in [6.07, 6.45) is 0. The number of nitro benzene ring substituents is 1. The molecule has 0 amide bonds. The third-order valence-electron chi connectivity index (χ3n) is 2.53. The summed E-state index contributed by atoms with van der Waals surface area (Å²) in [5.74, 6) is -1.83. The van der Waals surface area contributed by atoms with Crippen LogP contribution in [0.15, 0.2) is 46.2 Å². The molecule has 0 atom stereocenters. The summed E-state index contributed by atoms with van der Waals surface area (Å²) < 4.78 is 13.4. The largest absolute Gasteiger partial charge is 0.478 e. The molecule has 5 nitrogen and oxygen atoms in total. The average Bonchev–Trinajstić information content (AvgIpc) is 2.43. The molecule has 0 saturated heterocycles. The van der Waals surface area contributed by atoms with Crippen molar-refractivity contribution in [2.24, 2.45) is 0 Å². The zero-order chi connectivity index (χ0) is 15.6. The average molecular weight is 328 g/mol. The summed E-state index contributed by atoms with van der Waals surface area (Å²) in [6, 6.07) is 7.64. The van der Waals surface area contributed by atoms with Gasteiger partial charge in [0, 0.05) is 11.0 Å². The number of halogens is 2. The fourth-order valence-corrected chi connectivity index (χ4v) is 2.62. The van der Waals surface area contributed by atoms with Crippen molar-refractivity contribution >= 4 is 35.0 Å². The van der Waals surface area contributed by atoms with Crippen LogP contribution in [0.2, 0.25) is 5.02 Å². The maximum atomic E-state index is 13.4. The van der Waals surface area contributed by atoms with Crippen LogP contribution >= 0.6 is 23.4 Å². The lowest BCUT2D eigenvalue weighted by Gasteiger charge is -2.05. The maximum absolute atomic E-state index is 13.4. The summed E-state index contributed by atoms with van der Waals surface area (Å²) >= 11 is 6.49. The predicted octanol–water partition coefficient (Wildman–Crippen LogP) is 4.24. The number of carboxylic acids is 1. The van der Waals surface area contributed by atoms with E-state index in [1.54, 1.807) is 0 Å². The number of carbonyl (C=O) groups is 1. The molecule has 0 aromatic heterocycles. The first-order valence-corrected chi connectivity index (χ1v) is 6.72. The van der Waals surface area contributed by atoms with Crippen molar-refractivity contribution in [3.05, 3.63) is 62.9 Å². The Bertz CT molecular complexity index is 721. The summed E-state index contributed by atoms with van der Waals surface area (Å²) in [7, 11) is 0. The highest BCUT2D eigenvalue weighted by Crippen LogP contribution is 2.37. The molecule has 0 saturated carbocycles. The number of hydrogen-bond donors (Lipinski definition) is 1. The molecule has 0 unspecified atom stereocenters. The molecule has 0 spiro atoms. The fraction of sp³-hybridized carbons (Fsp3) is 0. The van der Waals surface area contributed by atoms with E-state index < -0.39 is 16.7 Å². The van der Waals surface area contributed by atoms with Gasteiger partial charge in [0.05, 0.1) is 20.4 Å². The van der Waals surface area contributed by atoms with E-state index in [9.17, 15) is 19.3 Å². The Morgan fingerprint density at radius 2 is 1.90 bits per heavy atom. The maximum Gasteiger partial charge on any atom is 0.335 e. The topological polar surface area (TPSA) is 80.4 Å². The molecule has 0 fully saturated rings. The van der Waals surface area contributed by atoms with E-state index in [1.807, 2.05) is 0 Å². The highest BCUT2D eigenvalue weighted by atomic mass is 35.5. The van der Waals surface area contributed by atoms with Gasteiger partial charge in [-0.15, -0.1) is 0 Å². The Labute approximate surface area is 127 Å². The smallest absolute Gasteiger partial charge is 0.335 e. The van der Waals surface area contributed by atoms with Crippen LogP contribution in [0.5, 0.6) is 0 Å². The van der Waals surface area contributed by atoms with Crippen molar-refractivity contribution in [1.29, 1.82) is 0 Å². The predicted molar refractivity (Wildman–Crippen MR) is 75.6 cm³/mol. The van der Waals surface area contributed by atoms with Gasteiger partial charge in [-0.25, -0.2) is 9.18 Å². The minimum atomic E-state index is -1.07. The molecule has 0 aliphatic carbocycles. The highest BCUT2D eigenvalue weighted by molar-refractivity contribution is 7.99. The van der Waals surface area contributed by atoms with E-state index in [2.05, 4.69) is 0 Å². The van der Waals surface area contributed by atoms with Gasteiger partial charge in [-0.1, -0.05) is 23.4 Å². The quantitative estimate of drug-likeness (QED) is 0.671. The number of nitrogens with zero attached hydrogens (tertiary/aromatic N) is 1. The van der Waals surface area contributed by atoms with Crippen LogP contribution in [-0.4, -0.2) is 16.0 Å². The van der Waals surface area contributed by atoms with Crippen LogP contribution < -0.4 is 0 Å². The van der Waals surface area contributed by atoms with Gasteiger partial charge in [0.15, 0.2) is 0 Å². The van der Waals surface area contributed by atoms with Gasteiger partial charge in [-0.2, -0.15) is 0 Å². The molecule has 2 rings (SSSR count). The standard InChI is InChI=1S/C13H7ClFNO4S/c14-9-5-11(16(19)20)12(6-10(9)15)21-8-3-1-7(2-4-8)13(17)18/h1-6H,(H,17,18). The molecule has 2 aromatic rings. The van der Waals surface area contributed by atoms with Crippen LogP contribution in [0.4, 0.5) is 10.1 Å². The number of carboxylic acid groups (broad SMARTS) is 1. The lowest BCUT2D eigenvalue weighted by atomic mass is 10.2. The number of hydrogen-bond acceptors (Lipinski definition) is 4. The van der Waals surface area contributed by atoms with Crippen LogP contribution in [0.1, 0.15) is 10.4 Å². The van der Waals surface area contributed by atoms with E-state index in [0.29, 0.717) is 4.90 Å². The molecule has 2 aromatic carbocycles. The summed E-state index contributed by atoms with van der Waals surface area (Å²) in [5.41, 5.74) is -0.218. The van der Waals surface area contributed by atoms with E-state index in [-0.39, 0.29) is 21.2 Å². The van der Waals surface area contributed by atoms with Crippen molar-refractivity contribution in [1.82, 2.24) is 0 Å². The van der Waals surface area contributed by atoms with Gasteiger partial charge in [-0.05, 0) is 30.3 Å². The molecule has 0 bridgehead atoms. The van der Waals surface area contributed by atoms with Gasteiger partial charge in [0.1, 0.15) is 5.82 Å². The van der Waals surface area contributed by atoms with Crippen molar-refractivity contribution in [3.63, 3.8) is 0 Å². The van der Waals surface area contributed by atoms with Gasteiger partial charge in [0.2, 0.25) is 0 Å². The second kappa shape index (κ2) is 6.11. The fourth-order valence-electron chi connectivity index (χ4n) is 1.54. The van der Waals surface area contributed by atoms with Gasteiger partial charge in [-0.3, -0.25) is 10.1 Å². The number of aromatic carboxylic acids is 1. The van der Waals surface area contributed by atoms with Crippen molar-refractivity contribution in [3.8, 4) is 0 Å². The number of rotatable bonds is 4. The first-order valence-electron chi connectivity index (χ1n) is 5.53. The normalized spacial score (nSPS) is 10.4. The lowest BCUT2D eigenvalue weighted by Crippen LogP contribution is -1.95. The van der Waals surface area contributed by atoms with Gasteiger partial charge >= 0.3 is 5.97 Å². The first-order chi connectivity index (χ1) is 9.88. The van der Waals surface area contributed by atoms with Crippen LogP contribution in [0, 0.1) is 15.9 Å². The van der Waals surface area contributed by atoms with Crippen LogP contribution in [0.25, 0.3) is 0 Å². The van der Waals surface area contributed by atoms with E-state index >= 15 is 0 Å². The van der Waals surface area contributed by atoms with Crippen molar-refractivity contribution < 1.29 is 19.2 Å². The SMILES string of the molecule is O=C(O)c1ccc(Sc2cc(F)c(Cl)cc2[N+](=O)[O-])cc1. The Kier molecular flexibility index (Phi) is 4.44. The molecule has 0 aliphatic rings. The van der Waals surface area contributed by atoms with E-state index in [1.165, 1.54) is 24.3 Å². The first kappa shape index (κ1) is 15.3. The minimum absolute atomic E-state index is 0.0879. The summed E-state index contributed by atoms with van der Waals surface area (Å²) in [6.45, 7) is 0. The van der Waals surface area contributed by atoms with Crippen LogP contribution in [0.3, 0.4) is 0 Å². The molecule has 21 heavy (non-hydrogen) atoms. The van der Waals surface area contributed by atoms with Gasteiger partial charge < -0.3 is 5.11 Å². The van der Waals surface area contributed by atoms with Crippen molar-refractivity contribution in [2.75, 3.05) is 0 Å². The summed E-state index contributed by atoms with van der Waals surface area (Å²) in [5, 5.41) is 19.4. The molecular weight excluding hydrogens is 321 g/mol. The Morgan fingerprint density at radius 3 is 2.43 bits per heavy atom.